The summed E-state index contributed by atoms with van der Waals surface area (Å²) in [5.74, 6) is 1.30. The second kappa shape index (κ2) is 14.6. The molecule has 3 aromatic rings. The molecular formula is C20H4Br14O2. The molecule has 2 nitrogen and oxygen atoms in total. The predicted molar refractivity (Wildman–Crippen MR) is 196 cm³/mol. The molecule has 0 N–H and O–H groups in total. The number of hydrogen-bond donors (Lipinski definition) is 0. The average molecular weight is 1390 g/mol. The van der Waals surface area contributed by atoms with E-state index in [1.54, 1.807) is 0 Å². The highest BCUT2D eigenvalue weighted by Gasteiger charge is 2.24. The SMILES string of the molecule is Brc1c(Br)c(Br)c(OCc2c(Br)c(Br)c(COc3c(Br)c(Br)c(Br)c(Br)c3Br)c(Br)c2Br)c(Br)c1Br. The average Bonchev–Trinajstić information content (AvgIpc) is 2.86. The Kier molecular flexibility index (Phi) is 14.0. The molecule has 0 atom stereocenters. The second-order valence-corrected chi connectivity index (χ2v) is 17.7. The molecule has 0 aliphatic carbocycles. The van der Waals surface area contributed by atoms with Crippen LogP contribution in [0, 0.1) is 0 Å². The molecule has 0 radical (unpaired) electrons. The first-order valence-electron chi connectivity index (χ1n) is 8.84. The molecule has 36 heavy (non-hydrogen) atoms. The summed E-state index contributed by atoms with van der Waals surface area (Å²) < 4.78 is 24.1. The number of benzene rings is 3. The van der Waals surface area contributed by atoms with Gasteiger partial charge in [0, 0.05) is 38.0 Å². The van der Waals surface area contributed by atoms with Crippen molar-refractivity contribution in [2.75, 3.05) is 0 Å². The maximum Gasteiger partial charge on any atom is 0.150 e. The second-order valence-electron chi connectivity index (χ2n) is 6.59. The van der Waals surface area contributed by atoms with Crippen LogP contribution in [0.15, 0.2) is 62.6 Å². The van der Waals surface area contributed by atoms with E-state index >= 15 is 0 Å². The summed E-state index contributed by atoms with van der Waals surface area (Å²) in [6, 6.07) is 0. The van der Waals surface area contributed by atoms with Crippen LogP contribution in [0.3, 0.4) is 0 Å². The topological polar surface area (TPSA) is 18.5 Å². The molecule has 0 fully saturated rings. The zero-order valence-electron chi connectivity index (χ0n) is 16.5. The van der Waals surface area contributed by atoms with Crippen LogP contribution < -0.4 is 9.47 Å². The van der Waals surface area contributed by atoms with Crippen molar-refractivity contribution < 1.29 is 9.47 Å². The lowest BCUT2D eigenvalue weighted by molar-refractivity contribution is 0.295. The molecule has 0 saturated carbocycles. The Morgan fingerprint density at radius 3 is 0.694 bits per heavy atom. The highest BCUT2D eigenvalue weighted by atomic mass is 79.9. The Balaban J connectivity index is 1.95. The van der Waals surface area contributed by atoms with E-state index in [9.17, 15) is 0 Å². The Bertz CT molecular complexity index is 1200. The van der Waals surface area contributed by atoms with E-state index in [4.69, 9.17) is 9.47 Å². The van der Waals surface area contributed by atoms with Gasteiger partial charge in [0.2, 0.25) is 0 Å². The van der Waals surface area contributed by atoms with Gasteiger partial charge in [-0.2, -0.15) is 0 Å². The van der Waals surface area contributed by atoms with Gasteiger partial charge in [0.1, 0.15) is 13.2 Å². The smallest absolute Gasteiger partial charge is 0.150 e. The van der Waals surface area contributed by atoms with Crippen molar-refractivity contribution >= 4 is 223 Å². The van der Waals surface area contributed by atoms with Crippen LogP contribution in [0.2, 0.25) is 0 Å². The molecule has 0 amide bonds. The van der Waals surface area contributed by atoms with E-state index in [0.717, 1.165) is 73.7 Å². The number of ether oxygens (including phenoxy) is 2. The maximum absolute atomic E-state index is 6.25. The van der Waals surface area contributed by atoms with Gasteiger partial charge in [0.25, 0.3) is 0 Å². The Morgan fingerprint density at radius 1 is 0.278 bits per heavy atom. The molecule has 0 aliphatic rings. The van der Waals surface area contributed by atoms with E-state index in [2.05, 4.69) is 223 Å². The first-order chi connectivity index (χ1) is 16.7. The summed E-state index contributed by atoms with van der Waals surface area (Å²) in [7, 11) is 0. The van der Waals surface area contributed by atoms with E-state index in [1.807, 2.05) is 0 Å². The van der Waals surface area contributed by atoms with Crippen molar-refractivity contribution in [1.82, 2.24) is 0 Å². The lowest BCUT2D eigenvalue weighted by atomic mass is 10.1. The highest BCUT2D eigenvalue weighted by molar-refractivity contribution is 9.16. The molecule has 3 rings (SSSR count). The fourth-order valence-corrected chi connectivity index (χ4v) is 11.9. The van der Waals surface area contributed by atoms with E-state index in [-0.39, 0.29) is 13.2 Å². The number of halogens is 14. The molecular weight excluding hydrogens is 1390 g/mol. The molecule has 0 saturated heterocycles. The molecule has 0 unspecified atom stereocenters. The fourth-order valence-electron chi connectivity index (χ4n) is 2.69. The monoisotopic (exact) mass is 1380 g/mol. The largest absolute Gasteiger partial charge is 0.486 e. The molecule has 0 bridgehead atoms. The molecule has 3 aromatic carbocycles. The van der Waals surface area contributed by atoms with Gasteiger partial charge >= 0.3 is 0 Å². The van der Waals surface area contributed by atoms with Gasteiger partial charge in [-0.05, 0) is 223 Å². The van der Waals surface area contributed by atoms with Crippen LogP contribution in [0.4, 0.5) is 0 Å². The first kappa shape index (κ1) is 34.5. The first-order valence-corrected chi connectivity index (χ1v) is 19.9. The molecule has 0 heterocycles. The van der Waals surface area contributed by atoms with E-state index in [1.165, 1.54) is 0 Å². The van der Waals surface area contributed by atoms with Gasteiger partial charge < -0.3 is 9.47 Å². The molecule has 0 aliphatic heterocycles. The van der Waals surface area contributed by atoms with Crippen LogP contribution in [-0.2, 0) is 13.2 Å². The highest BCUT2D eigenvalue weighted by Crippen LogP contribution is 2.51. The summed E-state index contributed by atoms with van der Waals surface area (Å²) in [6.45, 7) is 0.557. The summed E-state index contributed by atoms with van der Waals surface area (Å²) in [4.78, 5) is 0. The zero-order chi connectivity index (χ0) is 27.2. The Labute approximate surface area is 325 Å². The van der Waals surface area contributed by atoms with Crippen LogP contribution >= 0.6 is 223 Å². The summed E-state index contributed by atoms with van der Waals surface area (Å²) in [5.41, 5.74) is 1.81. The van der Waals surface area contributed by atoms with Crippen molar-refractivity contribution in [3.8, 4) is 11.5 Å². The summed E-state index contributed by atoms with van der Waals surface area (Å²) in [5, 5.41) is 0. The van der Waals surface area contributed by atoms with Crippen LogP contribution in [0.5, 0.6) is 11.5 Å². The minimum atomic E-state index is 0.279. The lowest BCUT2D eigenvalue weighted by Crippen LogP contribution is -2.06. The van der Waals surface area contributed by atoms with Crippen molar-refractivity contribution in [2.45, 2.75) is 13.2 Å². The third-order valence-electron chi connectivity index (χ3n) is 4.51. The number of rotatable bonds is 6. The lowest BCUT2D eigenvalue weighted by Gasteiger charge is -2.20. The normalized spacial score (nSPS) is 11.3. The van der Waals surface area contributed by atoms with Gasteiger partial charge in [-0.15, -0.1) is 0 Å². The van der Waals surface area contributed by atoms with Gasteiger partial charge in [-0.1, -0.05) is 0 Å². The van der Waals surface area contributed by atoms with Gasteiger partial charge in [-0.25, -0.2) is 0 Å². The minimum Gasteiger partial charge on any atom is -0.486 e. The molecule has 0 spiro atoms. The Morgan fingerprint density at radius 2 is 0.472 bits per heavy atom. The summed E-state index contributed by atoms with van der Waals surface area (Å²) >= 11 is 50.8. The number of hydrogen-bond acceptors (Lipinski definition) is 2. The molecule has 0 aromatic heterocycles. The van der Waals surface area contributed by atoms with Gasteiger partial charge in [0.05, 0.1) is 35.8 Å². The van der Waals surface area contributed by atoms with Gasteiger partial charge in [-0.3, -0.25) is 0 Å². The third kappa shape index (κ3) is 7.03. The zero-order valence-corrected chi connectivity index (χ0v) is 38.7. The predicted octanol–water partition coefficient (Wildman–Crippen LogP) is 15.5. The third-order valence-corrected chi connectivity index (χ3v) is 21.1. The maximum atomic E-state index is 6.25. The van der Waals surface area contributed by atoms with Gasteiger partial charge in [0.15, 0.2) is 11.5 Å². The fraction of sp³-hybridized carbons (Fsp3) is 0.100. The van der Waals surface area contributed by atoms with Crippen molar-refractivity contribution in [1.29, 1.82) is 0 Å². The van der Waals surface area contributed by atoms with Crippen LogP contribution in [0.25, 0.3) is 0 Å². The quantitative estimate of drug-likeness (QED) is 0.181. The van der Waals surface area contributed by atoms with E-state index in [0.29, 0.717) is 11.5 Å². The molecule has 194 valence electrons. The van der Waals surface area contributed by atoms with E-state index < -0.39 is 0 Å². The van der Waals surface area contributed by atoms with Crippen LogP contribution in [-0.4, -0.2) is 0 Å². The van der Waals surface area contributed by atoms with Crippen molar-refractivity contribution in [3.63, 3.8) is 0 Å². The molecule has 16 heteroatoms. The minimum absolute atomic E-state index is 0.279. The van der Waals surface area contributed by atoms with Crippen molar-refractivity contribution in [3.05, 3.63) is 73.7 Å². The van der Waals surface area contributed by atoms with Crippen LogP contribution in [0.1, 0.15) is 11.1 Å². The van der Waals surface area contributed by atoms with Crippen molar-refractivity contribution in [2.24, 2.45) is 0 Å². The summed E-state index contributed by atoms with van der Waals surface area (Å²) in [6.07, 6.45) is 0. The standard InChI is InChI=1S/C20H4Br14O2/c21-5-3(1-35-19-15(31)11(27)9(25)12(28)16(19)32)6(22)8(24)4(7(5)23)2-36-20-17(33)13(29)10(26)14(30)18(20)34/h1-2H2. The Hall–Kier alpha value is 3.98.